The van der Waals surface area contributed by atoms with E-state index in [2.05, 4.69) is 29.2 Å². The van der Waals surface area contributed by atoms with E-state index in [-0.39, 0.29) is 11.9 Å². The summed E-state index contributed by atoms with van der Waals surface area (Å²) in [6.45, 7) is 4.23. The van der Waals surface area contributed by atoms with E-state index < -0.39 is 0 Å². The molecule has 21 heavy (non-hydrogen) atoms. The number of carbonyl (C=O) groups is 1. The molecular formula is C16H22N4O. The summed E-state index contributed by atoms with van der Waals surface area (Å²) in [4.78, 5) is 18.0. The minimum atomic E-state index is -0.0201. The van der Waals surface area contributed by atoms with E-state index in [0.717, 1.165) is 30.4 Å². The summed E-state index contributed by atoms with van der Waals surface area (Å²) in [6, 6.07) is 5.82. The monoisotopic (exact) mass is 286 g/mol. The molecule has 1 aliphatic rings. The summed E-state index contributed by atoms with van der Waals surface area (Å²) in [5.74, 6) is 0.441. The number of hydrogen-bond acceptors (Lipinski definition) is 3. The first-order valence-electron chi connectivity index (χ1n) is 7.40. The average Bonchev–Trinajstić information content (AvgIpc) is 2.85. The molecule has 2 heterocycles. The van der Waals surface area contributed by atoms with Crippen molar-refractivity contribution in [2.75, 3.05) is 25.9 Å². The van der Waals surface area contributed by atoms with Crippen LogP contribution in [0, 0.1) is 5.92 Å². The van der Waals surface area contributed by atoms with Crippen molar-refractivity contribution < 1.29 is 4.79 Å². The number of nitrogens with one attached hydrogen (secondary N) is 2. The van der Waals surface area contributed by atoms with E-state index in [9.17, 15) is 4.79 Å². The van der Waals surface area contributed by atoms with E-state index in [1.807, 2.05) is 18.2 Å². The van der Waals surface area contributed by atoms with Crippen LogP contribution in [0.15, 0.2) is 24.4 Å². The Balaban J connectivity index is 1.79. The van der Waals surface area contributed by atoms with Gasteiger partial charge in [0.25, 0.3) is 5.91 Å². The summed E-state index contributed by atoms with van der Waals surface area (Å²) in [5.41, 5.74) is 8.10. The second-order valence-electron chi connectivity index (χ2n) is 6.12. The Kier molecular flexibility index (Phi) is 3.59. The summed E-state index contributed by atoms with van der Waals surface area (Å²) < 4.78 is 0. The molecule has 1 aromatic heterocycles. The number of anilines is 1. The van der Waals surface area contributed by atoms with Crippen LogP contribution in [0.1, 0.15) is 23.7 Å². The molecule has 0 radical (unpaired) electrons. The maximum absolute atomic E-state index is 12.5. The number of carbonyl (C=O) groups excluding carboxylic acids is 1. The van der Waals surface area contributed by atoms with Crippen molar-refractivity contribution in [2.45, 2.75) is 19.4 Å². The van der Waals surface area contributed by atoms with E-state index in [1.165, 1.54) is 0 Å². The second kappa shape index (κ2) is 5.41. The fraction of sp³-hybridized carbons (Fsp3) is 0.438. The Morgan fingerprint density at radius 2 is 2.29 bits per heavy atom. The molecule has 1 saturated heterocycles. The van der Waals surface area contributed by atoms with Crippen LogP contribution in [0.5, 0.6) is 0 Å². The zero-order valence-corrected chi connectivity index (χ0v) is 12.5. The van der Waals surface area contributed by atoms with Crippen LogP contribution < -0.4 is 11.1 Å². The smallest absolute Gasteiger partial charge is 0.253 e. The van der Waals surface area contributed by atoms with Crippen molar-refractivity contribution in [2.24, 2.45) is 5.92 Å². The molecule has 112 valence electrons. The zero-order valence-electron chi connectivity index (χ0n) is 12.5. The van der Waals surface area contributed by atoms with Gasteiger partial charge in [0, 0.05) is 35.4 Å². The molecule has 3 rings (SSSR count). The number of rotatable bonds is 2. The maximum Gasteiger partial charge on any atom is 0.253 e. The number of benzene rings is 1. The van der Waals surface area contributed by atoms with E-state index >= 15 is 0 Å². The van der Waals surface area contributed by atoms with Gasteiger partial charge in [-0.25, -0.2) is 0 Å². The van der Waals surface area contributed by atoms with Crippen molar-refractivity contribution in [1.29, 1.82) is 0 Å². The summed E-state index contributed by atoms with van der Waals surface area (Å²) in [7, 11) is 2.12. The van der Waals surface area contributed by atoms with Gasteiger partial charge in [0.05, 0.1) is 5.56 Å². The van der Waals surface area contributed by atoms with Gasteiger partial charge in [0.1, 0.15) is 0 Å². The number of likely N-dealkylation sites (tertiary alicyclic amines) is 1. The molecule has 0 aliphatic carbocycles. The number of aromatic amines is 1. The van der Waals surface area contributed by atoms with Crippen molar-refractivity contribution in [1.82, 2.24) is 15.2 Å². The number of fused-ring (bicyclic) bond motifs is 1. The Hall–Kier alpha value is -2.01. The Labute approximate surface area is 124 Å². The molecule has 2 unspecified atom stereocenters. The summed E-state index contributed by atoms with van der Waals surface area (Å²) in [6.07, 6.45) is 2.76. The Morgan fingerprint density at radius 3 is 3.05 bits per heavy atom. The third-order valence-corrected chi connectivity index (χ3v) is 4.38. The first-order valence-corrected chi connectivity index (χ1v) is 7.40. The molecule has 4 N–H and O–H groups in total. The molecule has 5 nitrogen and oxygen atoms in total. The van der Waals surface area contributed by atoms with Crippen molar-refractivity contribution in [3.8, 4) is 0 Å². The Morgan fingerprint density at radius 1 is 1.48 bits per heavy atom. The molecule has 1 aliphatic heterocycles. The number of nitrogen functional groups attached to an aromatic ring is 1. The minimum absolute atomic E-state index is 0.0201. The van der Waals surface area contributed by atoms with E-state index in [0.29, 0.717) is 17.2 Å². The molecule has 1 amide bonds. The lowest BCUT2D eigenvalue weighted by molar-refractivity contribution is 0.0885. The highest BCUT2D eigenvalue weighted by Gasteiger charge is 2.26. The van der Waals surface area contributed by atoms with Crippen LogP contribution in [0.4, 0.5) is 5.69 Å². The van der Waals surface area contributed by atoms with Gasteiger partial charge >= 0.3 is 0 Å². The average molecular weight is 286 g/mol. The fourth-order valence-corrected chi connectivity index (χ4v) is 3.14. The summed E-state index contributed by atoms with van der Waals surface area (Å²) >= 11 is 0. The van der Waals surface area contributed by atoms with Gasteiger partial charge in [0.15, 0.2) is 0 Å². The van der Waals surface area contributed by atoms with Gasteiger partial charge in [-0.05, 0) is 44.1 Å². The van der Waals surface area contributed by atoms with Crippen LogP contribution in [0.25, 0.3) is 10.9 Å². The second-order valence-corrected chi connectivity index (χ2v) is 6.12. The van der Waals surface area contributed by atoms with Crippen LogP contribution in [-0.4, -0.2) is 42.0 Å². The molecule has 1 aromatic carbocycles. The lowest BCUT2D eigenvalue weighted by Gasteiger charge is -2.35. The number of amides is 1. The van der Waals surface area contributed by atoms with Crippen molar-refractivity contribution >= 4 is 22.5 Å². The van der Waals surface area contributed by atoms with Crippen LogP contribution in [0.2, 0.25) is 0 Å². The predicted molar refractivity (Wildman–Crippen MR) is 85.2 cm³/mol. The topological polar surface area (TPSA) is 74.2 Å². The first kappa shape index (κ1) is 13.9. The molecule has 1 fully saturated rings. The summed E-state index contributed by atoms with van der Waals surface area (Å²) in [5, 5.41) is 4.06. The third kappa shape index (κ3) is 2.74. The lowest BCUT2D eigenvalue weighted by Crippen LogP contribution is -2.48. The highest BCUT2D eigenvalue weighted by Crippen LogP contribution is 2.22. The number of hydrogen-bond donors (Lipinski definition) is 3. The lowest BCUT2D eigenvalue weighted by atomic mass is 9.94. The van der Waals surface area contributed by atoms with E-state index in [4.69, 9.17) is 5.73 Å². The van der Waals surface area contributed by atoms with Crippen LogP contribution in [0.3, 0.4) is 0 Å². The molecule has 2 atom stereocenters. The maximum atomic E-state index is 12.5. The van der Waals surface area contributed by atoms with Crippen molar-refractivity contribution in [3.05, 3.63) is 30.0 Å². The van der Waals surface area contributed by atoms with E-state index in [1.54, 1.807) is 6.20 Å². The SMILES string of the molecule is CC1CN(C)CCC1NC(=O)c1c[nH]c2ccc(N)cc12. The van der Waals surface area contributed by atoms with Gasteiger partial charge in [-0.2, -0.15) is 0 Å². The molecule has 2 aromatic rings. The molecule has 5 heteroatoms. The quantitative estimate of drug-likeness (QED) is 0.737. The minimum Gasteiger partial charge on any atom is -0.399 e. The number of H-pyrrole nitrogens is 1. The third-order valence-electron chi connectivity index (χ3n) is 4.38. The number of nitrogens with zero attached hydrogens (tertiary/aromatic N) is 1. The van der Waals surface area contributed by atoms with Crippen molar-refractivity contribution in [3.63, 3.8) is 0 Å². The zero-order chi connectivity index (χ0) is 15.0. The van der Waals surface area contributed by atoms with Gasteiger partial charge in [-0.1, -0.05) is 6.92 Å². The molecule has 0 bridgehead atoms. The van der Waals surface area contributed by atoms with Crippen LogP contribution >= 0.6 is 0 Å². The Bertz CT molecular complexity index is 663. The van der Waals surface area contributed by atoms with Gasteiger partial charge in [-0.15, -0.1) is 0 Å². The van der Waals surface area contributed by atoms with Gasteiger partial charge < -0.3 is 20.9 Å². The highest BCUT2D eigenvalue weighted by atomic mass is 16.1. The standard InChI is InChI=1S/C16H22N4O/c1-10-9-20(2)6-5-14(10)19-16(21)13-8-18-15-4-3-11(17)7-12(13)15/h3-4,7-8,10,14,18H,5-6,9,17H2,1-2H3,(H,19,21). The molecule has 0 saturated carbocycles. The number of piperidine rings is 1. The predicted octanol–water partition coefficient (Wildman–Crippen LogP) is 1.82. The number of nitrogens with two attached hydrogens (primary N) is 1. The highest BCUT2D eigenvalue weighted by molar-refractivity contribution is 6.07. The van der Waals surface area contributed by atoms with Gasteiger partial charge in [-0.3, -0.25) is 4.79 Å². The fourth-order valence-electron chi connectivity index (χ4n) is 3.14. The van der Waals surface area contributed by atoms with Gasteiger partial charge in [0.2, 0.25) is 0 Å². The first-order chi connectivity index (χ1) is 10.0. The molecular weight excluding hydrogens is 264 g/mol. The largest absolute Gasteiger partial charge is 0.399 e. The molecule has 0 spiro atoms. The van der Waals surface area contributed by atoms with Crippen LogP contribution in [-0.2, 0) is 0 Å². The number of aromatic nitrogens is 1. The normalized spacial score (nSPS) is 23.3.